The van der Waals surface area contributed by atoms with Gasteiger partial charge >= 0.3 is 0 Å². The van der Waals surface area contributed by atoms with Crippen LogP contribution >= 0.6 is 0 Å². The van der Waals surface area contributed by atoms with Crippen LogP contribution in [-0.4, -0.2) is 52.9 Å². The van der Waals surface area contributed by atoms with E-state index in [2.05, 4.69) is 23.7 Å². The Morgan fingerprint density at radius 2 is 2.20 bits per heavy atom. The number of amides is 1. The zero-order chi connectivity index (χ0) is 14.1. The summed E-state index contributed by atoms with van der Waals surface area (Å²) in [7, 11) is 0. The standard InChI is InChI=1S/C16H21N3O/c1-3-18-8-9-19(11-12(18)2)16(20)14-5-4-13-6-7-17-15(13)10-14/h4-7,10,12,17H,3,8-9,11H2,1-2H3. The summed E-state index contributed by atoms with van der Waals surface area (Å²) >= 11 is 0. The maximum atomic E-state index is 12.6. The Bertz CT molecular complexity index is 619. The minimum absolute atomic E-state index is 0.143. The summed E-state index contributed by atoms with van der Waals surface area (Å²) < 4.78 is 0. The lowest BCUT2D eigenvalue weighted by Gasteiger charge is -2.39. The van der Waals surface area contributed by atoms with E-state index in [-0.39, 0.29) is 5.91 Å². The predicted molar refractivity (Wildman–Crippen MR) is 80.9 cm³/mol. The molecule has 4 nitrogen and oxygen atoms in total. The molecule has 1 saturated heterocycles. The maximum absolute atomic E-state index is 12.6. The monoisotopic (exact) mass is 271 g/mol. The topological polar surface area (TPSA) is 39.3 Å². The van der Waals surface area contributed by atoms with Crippen LogP contribution in [0.4, 0.5) is 0 Å². The van der Waals surface area contributed by atoms with E-state index in [0.717, 1.165) is 42.6 Å². The first-order valence-corrected chi connectivity index (χ1v) is 7.29. The number of piperazine rings is 1. The van der Waals surface area contributed by atoms with E-state index in [9.17, 15) is 4.79 Å². The second-order valence-electron chi connectivity index (χ2n) is 5.51. The number of carbonyl (C=O) groups excluding carboxylic acids is 1. The highest BCUT2D eigenvalue weighted by Crippen LogP contribution is 2.17. The van der Waals surface area contributed by atoms with Gasteiger partial charge in [-0.2, -0.15) is 0 Å². The number of nitrogens with one attached hydrogen (secondary N) is 1. The third kappa shape index (κ3) is 2.31. The van der Waals surface area contributed by atoms with Gasteiger partial charge in [-0.1, -0.05) is 13.0 Å². The normalized spacial score (nSPS) is 20.5. The summed E-state index contributed by atoms with van der Waals surface area (Å²) in [6.45, 7) is 8.02. The molecule has 0 saturated carbocycles. The Morgan fingerprint density at radius 1 is 1.35 bits per heavy atom. The Kier molecular flexibility index (Phi) is 3.49. The lowest BCUT2D eigenvalue weighted by Crippen LogP contribution is -2.53. The number of likely N-dealkylation sites (N-methyl/N-ethyl adjacent to an activating group) is 1. The van der Waals surface area contributed by atoms with Crippen LogP contribution in [0.25, 0.3) is 10.9 Å². The van der Waals surface area contributed by atoms with Gasteiger partial charge in [-0.3, -0.25) is 9.69 Å². The van der Waals surface area contributed by atoms with E-state index >= 15 is 0 Å². The zero-order valence-electron chi connectivity index (χ0n) is 12.1. The lowest BCUT2D eigenvalue weighted by atomic mass is 10.1. The average molecular weight is 271 g/mol. The van der Waals surface area contributed by atoms with Crippen molar-refractivity contribution in [3.8, 4) is 0 Å². The molecule has 20 heavy (non-hydrogen) atoms. The molecular weight excluding hydrogens is 250 g/mol. The van der Waals surface area contributed by atoms with E-state index in [1.807, 2.05) is 35.4 Å². The maximum Gasteiger partial charge on any atom is 0.254 e. The molecule has 3 rings (SSSR count). The summed E-state index contributed by atoms with van der Waals surface area (Å²) in [6, 6.07) is 8.34. The molecule has 1 aromatic heterocycles. The number of aromatic nitrogens is 1. The number of hydrogen-bond donors (Lipinski definition) is 1. The molecule has 1 aliphatic heterocycles. The minimum Gasteiger partial charge on any atom is -0.361 e. The summed E-state index contributed by atoms with van der Waals surface area (Å²) in [5.74, 6) is 0.143. The van der Waals surface area contributed by atoms with Gasteiger partial charge in [0.2, 0.25) is 0 Å². The molecule has 1 fully saturated rings. The van der Waals surface area contributed by atoms with Crippen LogP contribution in [0.3, 0.4) is 0 Å². The fourth-order valence-electron chi connectivity index (χ4n) is 3.01. The first-order chi connectivity index (χ1) is 9.69. The highest BCUT2D eigenvalue weighted by atomic mass is 16.2. The SMILES string of the molecule is CCN1CCN(C(=O)c2ccc3cc[nH]c3c2)CC1C. The minimum atomic E-state index is 0.143. The molecule has 0 radical (unpaired) electrons. The van der Waals surface area contributed by atoms with Crippen LogP contribution in [0.2, 0.25) is 0 Å². The van der Waals surface area contributed by atoms with Crippen LogP contribution in [0.15, 0.2) is 30.5 Å². The van der Waals surface area contributed by atoms with Gasteiger partial charge in [0, 0.05) is 43.0 Å². The number of benzene rings is 1. The molecule has 1 aromatic carbocycles. The van der Waals surface area contributed by atoms with E-state index in [1.165, 1.54) is 0 Å². The number of aromatic amines is 1. The third-order valence-electron chi connectivity index (χ3n) is 4.26. The molecule has 1 unspecified atom stereocenters. The van der Waals surface area contributed by atoms with Crippen molar-refractivity contribution in [2.75, 3.05) is 26.2 Å². The van der Waals surface area contributed by atoms with Crippen LogP contribution in [0.5, 0.6) is 0 Å². The van der Waals surface area contributed by atoms with Gasteiger partial charge in [-0.25, -0.2) is 0 Å². The van der Waals surface area contributed by atoms with Crippen molar-refractivity contribution in [2.45, 2.75) is 19.9 Å². The van der Waals surface area contributed by atoms with E-state index in [0.29, 0.717) is 6.04 Å². The van der Waals surface area contributed by atoms with Gasteiger partial charge in [0.1, 0.15) is 0 Å². The van der Waals surface area contributed by atoms with E-state index in [4.69, 9.17) is 0 Å². The second-order valence-corrected chi connectivity index (χ2v) is 5.51. The number of rotatable bonds is 2. The number of fused-ring (bicyclic) bond motifs is 1. The first kappa shape index (κ1) is 13.2. The molecule has 0 aliphatic carbocycles. The van der Waals surface area contributed by atoms with Gasteiger partial charge in [-0.15, -0.1) is 0 Å². The fraction of sp³-hybridized carbons (Fsp3) is 0.438. The van der Waals surface area contributed by atoms with Crippen LogP contribution < -0.4 is 0 Å². The molecule has 1 atom stereocenters. The van der Waals surface area contributed by atoms with Crippen LogP contribution in [0.1, 0.15) is 24.2 Å². The Balaban J connectivity index is 1.78. The van der Waals surface area contributed by atoms with Gasteiger partial charge < -0.3 is 9.88 Å². The largest absolute Gasteiger partial charge is 0.361 e. The number of hydrogen-bond acceptors (Lipinski definition) is 2. The predicted octanol–water partition coefficient (Wildman–Crippen LogP) is 2.33. The molecule has 106 valence electrons. The van der Waals surface area contributed by atoms with Crippen LogP contribution in [-0.2, 0) is 0 Å². The van der Waals surface area contributed by atoms with Gasteiger partial charge in [0.05, 0.1) is 0 Å². The molecule has 0 spiro atoms. The van der Waals surface area contributed by atoms with Crippen molar-refractivity contribution in [1.82, 2.24) is 14.8 Å². The second kappa shape index (κ2) is 5.29. The Labute approximate surface area is 119 Å². The number of nitrogens with zero attached hydrogens (tertiary/aromatic N) is 2. The fourth-order valence-corrected chi connectivity index (χ4v) is 3.01. The highest BCUT2D eigenvalue weighted by Gasteiger charge is 2.26. The highest BCUT2D eigenvalue weighted by molar-refractivity contribution is 5.98. The lowest BCUT2D eigenvalue weighted by molar-refractivity contribution is 0.0528. The van der Waals surface area contributed by atoms with Crippen molar-refractivity contribution >= 4 is 16.8 Å². The molecule has 2 heterocycles. The number of H-pyrrole nitrogens is 1. The van der Waals surface area contributed by atoms with Crippen molar-refractivity contribution in [3.63, 3.8) is 0 Å². The molecule has 4 heteroatoms. The molecule has 1 aliphatic rings. The summed E-state index contributed by atoms with van der Waals surface area (Å²) in [5.41, 5.74) is 1.80. The smallest absolute Gasteiger partial charge is 0.254 e. The molecule has 0 bridgehead atoms. The van der Waals surface area contributed by atoms with E-state index in [1.54, 1.807) is 0 Å². The Hall–Kier alpha value is -1.81. The molecule has 1 amide bonds. The average Bonchev–Trinajstić information content (AvgIpc) is 2.93. The van der Waals surface area contributed by atoms with Gasteiger partial charge in [0.15, 0.2) is 0 Å². The summed E-state index contributed by atoms with van der Waals surface area (Å²) in [4.78, 5) is 20.2. The van der Waals surface area contributed by atoms with Crippen molar-refractivity contribution < 1.29 is 4.79 Å². The first-order valence-electron chi connectivity index (χ1n) is 7.29. The summed E-state index contributed by atoms with van der Waals surface area (Å²) in [5, 5.41) is 1.14. The Morgan fingerprint density at radius 3 is 2.95 bits per heavy atom. The van der Waals surface area contributed by atoms with Gasteiger partial charge in [-0.05, 0) is 37.1 Å². The number of carbonyl (C=O) groups is 1. The van der Waals surface area contributed by atoms with Crippen molar-refractivity contribution in [3.05, 3.63) is 36.0 Å². The third-order valence-corrected chi connectivity index (χ3v) is 4.26. The molecular formula is C16H21N3O. The van der Waals surface area contributed by atoms with Gasteiger partial charge in [0.25, 0.3) is 5.91 Å². The summed E-state index contributed by atoms with van der Waals surface area (Å²) in [6.07, 6.45) is 1.90. The molecule has 2 aromatic rings. The quantitative estimate of drug-likeness (QED) is 0.910. The zero-order valence-corrected chi connectivity index (χ0v) is 12.1. The van der Waals surface area contributed by atoms with Crippen molar-refractivity contribution in [2.24, 2.45) is 0 Å². The van der Waals surface area contributed by atoms with E-state index < -0.39 is 0 Å². The van der Waals surface area contributed by atoms with Crippen LogP contribution in [0, 0.1) is 0 Å². The van der Waals surface area contributed by atoms with Crippen molar-refractivity contribution in [1.29, 1.82) is 0 Å². The molecule has 1 N–H and O–H groups in total.